The Morgan fingerprint density at radius 3 is 2.67 bits per heavy atom. The normalized spacial score (nSPS) is 20.1. The van der Waals surface area contributed by atoms with Gasteiger partial charge >= 0.3 is 12.0 Å². The van der Waals surface area contributed by atoms with E-state index in [9.17, 15) is 0 Å². The Kier molecular flexibility index (Phi) is 3.08. The summed E-state index contributed by atoms with van der Waals surface area (Å²) in [4.78, 5) is 0. The first-order valence-corrected chi connectivity index (χ1v) is 5.61. The average Bonchev–Trinajstić information content (AvgIpc) is 2.65. The molecule has 0 radical (unpaired) electrons. The lowest BCUT2D eigenvalue weighted by Crippen LogP contribution is -2.27. The molecule has 1 aliphatic rings. The van der Waals surface area contributed by atoms with Crippen LogP contribution in [0.4, 0.5) is 12.0 Å². The van der Waals surface area contributed by atoms with Crippen LogP contribution in [0.1, 0.15) is 39.0 Å². The zero-order chi connectivity index (χ0) is 10.7. The van der Waals surface area contributed by atoms with E-state index in [1.165, 1.54) is 32.1 Å². The van der Waals surface area contributed by atoms with Crippen LogP contribution in [-0.2, 0) is 0 Å². The molecule has 15 heavy (non-hydrogen) atoms. The molecule has 0 saturated heterocycles. The Bertz CT molecular complexity index is 306. The van der Waals surface area contributed by atoms with Crippen LogP contribution in [0.5, 0.6) is 0 Å². The lowest BCUT2D eigenvalue weighted by molar-refractivity contribution is 0.325. The summed E-state index contributed by atoms with van der Waals surface area (Å²) in [6.07, 6.45) is 6.62. The standard InChI is InChI=1S/C10H18N4O/c1-7(8-5-3-2-4-6-8)12-10-14-13-9(11)15-10/h7-8H,2-6H2,1H3,(H2,11,13)(H,12,14). The second-order valence-corrected chi connectivity index (χ2v) is 4.28. The van der Waals surface area contributed by atoms with Crippen molar-refractivity contribution in [2.75, 3.05) is 11.1 Å². The van der Waals surface area contributed by atoms with E-state index in [1.54, 1.807) is 0 Å². The average molecular weight is 210 g/mol. The minimum atomic E-state index is 0.119. The van der Waals surface area contributed by atoms with Gasteiger partial charge in [0.25, 0.3) is 0 Å². The molecular formula is C10H18N4O. The van der Waals surface area contributed by atoms with Crippen LogP contribution in [0.25, 0.3) is 0 Å². The molecule has 1 unspecified atom stereocenters. The van der Waals surface area contributed by atoms with E-state index in [4.69, 9.17) is 10.2 Å². The van der Waals surface area contributed by atoms with Gasteiger partial charge in [-0.25, -0.2) is 0 Å². The van der Waals surface area contributed by atoms with Crippen LogP contribution in [0.15, 0.2) is 4.42 Å². The minimum absolute atomic E-state index is 0.119. The highest BCUT2D eigenvalue weighted by Gasteiger charge is 2.21. The second-order valence-electron chi connectivity index (χ2n) is 4.28. The summed E-state index contributed by atoms with van der Waals surface area (Å²) in [6.45, 7) is 2.16. The third kappa shape index (κ3) is 2.61. The van der Waals surface area contributed by atoms with E-state index in [-0.39, 0.29) is 6.01 Å². The van der Waals surface area contributed by atoms with Crippen molar-refractivity contribution >= 4 is 12.0 Å². The van der Waals surface area contributed by atoms with Crippen molar-refractivity contribution < 1.29 is 4.42 Å². The molecule has 2 rings (SSSR count). The number of hydrogen-bond donors (Lipinski definition) is 2. The topological polar surface area (TPSA) is 77.0 Å². The lowest BCUT2D eigenvalue weighted by Gasteiger charge is -2.27. The fourth-order valence-electron chi connectivity index (χ4n) is 2.24. The molecule has 0 aliphatic heterocycles. The quantitative estimate of drug-likeness (QED) is 0.798. The highest BCUT2D eigenvalue weighted by molar-refractivity contribution is 5.24. The number of nitrogens with zero attached hydrogens (tertiary/aromatic N) is 2. The van der Waals surface area contributed by atoms with Crippen LogP contribution in [0.2, 0.25) is 0 Å². The highest BCUT2D eigenvalue weighted by atomic mass is 16.4. The molecule has 0 spiro atoms. The first-order valence-electron chi connectivity index (χ1n) is 5.61. The number of hydrogen-bond acceptors (Lipinski definition) is 5. The molecule has 1 atom stereocenters. The Hall–Kier alpha value is -1.26. The van der Waals surface area contributed by atoms with Crippen LogP contribution in [-0.4, -0.2) is 16.2 Å². The maximum absolute atomic E-state index is 5.35. The SMILES string of the molecule is CC(Nc1nnc(N)o1)C1CCCCC1. The fraction of sp³-hybridized carbons (Fsp3) is 0.800. The number of aromatic nitrogens is 2. The van der Waals surface area contributed by atoms with Gasteiger partial charge < -0.3 is 15.5 Å². The zero-order valence-electron chi connectivity index (χ0n) is 9.07. The Balaban J connectivity index is 1.88. The molecule has 1 aliphatic carbocycles. The van der Waals surface area contributed by atoms with Gasteiger partial charge in [0.2, 0.25) is 0 Å². The van der Waals surface area contributed by atoms with E-state index in [2.05, 4.69) is 22.4 Å². The van der Waals surface area contributed by atoms with Gasteiger partial charge in [-0.05, 0) is 25.7 Å². The summed E-state index contributed by atoms with van der Waals surface area (Å²) < 4.78 is 5.09. The zero-order valence-corrected chi connectivity index (χ0v) is 9.07. The molecule has 1 heterocycles. The molecule has 1 saturated carbocycles. The number of nitrogen functional groups attached to an aromatic ring is 1. The maximum atomic E-state index is 5.35. The molecule has 1 aromatic heterocycles. The molecule has 84 valence electrons. The van der Waals surface area contributed by atoms with E-state index in [1.807, 2.05) is 0 Å². The van der Waals surface area contributed by atoms with Gasteiger partial charge in [0.1, 0.15) is 0 Å². The predicted octanol–water partition coefficient (Wildman–Crippen LogP) is 2.03. The van der Waals surface area contributed by atoms with Crippen LogP contribution >= 0.6 is 0 Å². The number of nitrogens with one attached hydrogen (secondary N) is 1. The number of rotatable bonds is 3. The molecule has 3 N–H and O–H groups in total. The summed E-state index contributed by atoms with van der Waals surface area (Å²) in [7, 11) is 0. The summed E-state index contributed by atoms with van der Waals surface area (Å²) in [5, 5.41) is 10.6. The number of anilines is 2. The van der Waals surface area contributed by atoms with Gasteiger partial charge in [-0.1, -0.05) is 29.5 Å². The van der Waals surface area contributed by atoms with Crippen LogP contribution in [0.3, 0.4) is 0 Å². The van der Waals surface area contributed by atoms with Gasteiger partial charge in [0.05, 0.1) is 0 Å². The minimum Gasteiger partial charge on any atom is -0.390 e. The Morgan fingerprint density at radius 1 is 1.33 bits per heavy atom. The van der Waals surface area contributed by atoms with Gasteiger partial charge in [-0.2, -0.15) is 0 Å². The highest BCUT2D eigenvalue weighted by Crippen LogP contribution is 2.27. The van der Waals surface area contributed by atoms with E-state index in [0.29, 0.717) is 18.0 Å². The van der Waals surface area contributed by atoms with Crippen molar-refractivity contribution in [3.05, 3.63) is 0 Å². The van der Waals surface area contributed by atoms with Crippen molar-refractivity contribution in [3.63, 3.8) is 0 Å². The van der Waals surface area contributed by atoms with Gasteiger partial charge in [0.15, 0.2) is 0 Å². The molecule has 0 bridgehead atoms. The van der Waals surface area contributed by atoms with Gasteiger partial charge in [0, 0.05) is 6.04 Å². The smallest absolute Gasteiger partial charge is 0.317 e. The van der Waals surface area contributed by atoms with E-state index < -0.39 is 0 Å². The Labute approximate surface area is 89.4 Å². The molecule has 1 fully saturated rings. The van der Waals surface area contributed by atoms with E-state index >= 15 is 0 Å². The first kappa shape index (κ1) is 10.3. The summed E-state index contributed by atoms with van der Waals surface area (Å²) in [6, 6.07) is 0.934. The van der Waals surface area contributed by atoms with Gasteiger partial charge in [-0.15, -0.1) is 0 Å². The molecular weight excluding hydrogens is 192 g/mol. The summed E-state index contributed by atoms with van der Waals surface area (Å²) in [5.74, 6) is 0.715. The second kappa shape index (κ2) is 4.51. The summed E-state index contributed by atoms with van der Waals surface area (Å²) in [5.41, 5.74) is 5.35. The maximum Gasteiger partial charge on any atom is 0.317 e. The van der Waals surface area contributed by atoms with Crippen molar-refractivity contribution in [2.24, 2.45) is 5.92 Å². The summed E-state index contributed by atoms with van der Waals surface area (Å²) >= 11 is 0. The largest absolute Gasteiger partial charge is 0.390 e. The first-order chi connectivity index (χ1) is 7.25. The van der Waals surface area contributed by atoms with Crippen LogP contribution in [0, 0.1) is 5.92 Å². The third-order valence-corrected chi connectivity index (χ3v) is 3.15. The monoisotopic (exact) mass is 210 g/mol. The van der Waals surface area contributed by atoms with Crippen molar-refractivity contribution in [3.8, 4) is 0 Å². The van der Waals surface area contributed by atoms with Gasteiger partial charge in [-0.3, -0.25) is 0 Å². The molecule has 5 nitrogen and oxygen atoms in total. The molecule has 0 amide bonds. The van der Waals surface area contributed by atoms with E-state index in [0.717, 1.165) is 0 Å². The fourth-order valence-corrected chi connectivity index (χ4v) is 2.24. The van der Waals surface area contributed by atoms with Crippen LogP contribution < -0.4 is 11.1 Å². The lowest BCUT2D eigenvalue weighted by atomic mass is 9.85. The molecule has 1 aromatic rings. The molecule has 0 aromatic carbocycles. The van der Waals surface area contributed by atoms with Crippen molar-refractivity contribution in [1.29, 1.82) is 0 Å². The van der Waals surface area contributed by atoms with Crippen molar-refractivity contribution in [1.82, 2.24) is 10.2 Å². The third-order valence-electron chi connectivity index (χ3n) is 3.15. The molecule has 5 heteroatoms. The van der Waals surface area contributed by atoms with Crippen molar-refractivity contribution in [2.45, 2.75) is 45.1 Å². The Morgan fingerprint density at radius 2 is 2.07 bits per heavy atom. The number of nitrogens with two attached hydrogens (primary N) is 1. The predicted molar refractivity (Wildman–Crippen MR) is 58.4 cm³/mol.